The minimum absolute atomic E-state index is 0.0419. The third-order valence-corrected chi connectivity index (χ3v) is 3.72. The van der Waals surface area contributed by atoms with Gasteiger partial charge in [-0.25, -0.2) is 0 Å². The number of hydrogen-bond donors (Lipinski definition) is 0. The summed E-state index contributed by atoms with van der Waals surface area (Å²) in [6.07, 6.45) is 2.68. The fourth-order valence-corrected chi connectivity index (χ4v) is 2.46. The topological polar surface area (TPSA) is 12.9 Å². The second-order valence-electron chi connectivity index (χ2n) is 3.51. The molecule has 0 fully saturated rings. The molecule has 2 aromatic heterocycles. The molecule has 1 atom stereocenters. The maximum absolute atomic E-state index is 6.29. The number of thiophene rings is 1. The van der Waals surface area contributed by atoms with Crippen LogP contribution in [0.1, 0.15) is 21.5 Å². The summed E-state index contributed by atoms with van der Waals surface area (Å²) in [5.74, 6) is 0. The van der Waals surface area contributed by atoms with E-state index in [9.17, 15) is 0 Å². The molecule has 0 aliphatic rings. The molecule has 0 N–H and O–H groups in total. The molecule has 0 aliphatic heterocycles. The Balaban J connectivity index is 2.06. The SMILES string of the molecule is Cc1ccc(CC(Cl)c2cccs2)nc1. The monoisotopic (exact) mass is 237 g/mol. The fraction of sp³-hybridized carbons (Fsp3) is 0.250. The van der Waals surface area contributed by atoms with Gasteiger partial charge in [-0.15, -0.1) is 22.9 Å². The minimum atomic E-state index is 0.0419. The largest absolute Gasteiger partial charge is 0.261 e. The zero-order valence-electron chi connectivity index (χ0n) is 8.48. The zero-order chi connectivity index (χ0) is 10.7. The van der Waals surface area contributed by atoms with E-state index in [1.807, 2.05) is 30.6 Å². The Morgan fingerprint density at radius 2 is 2.27 bits per heavy atom. The Kier molecular flexibility index (Phi) is 3.39. The van der Waals surface area contributed by atoms with Crippen molar-refractivity contribution < 1.29 is 0 Å². The van der Waals surface area contributed by atoms with Gasteiger partial charge < -0.3 is 0 Å². The highest BCUT2D eigenvalue weighted by molar-refractivity contribution is 7.10. The van der Waals surface area contributed by atoms with Crippen LogP contribution in [0.5, 0.6) is 0 Å². The molecule has 0 aliphatic carbocycles. The highest BCUT2D eigenvalue weighted by atomic mass is 35.5. The molecule has 2 aromatic rings. The predicted molar refractivity (Wildman–Crippen MR) is 65.6 cm³/mol. The van der Waals surface area contributed by atoms with Crippen molar-refractivity contribution in [2.24, 2.45) is 0 Å². The maximum Gasteiger partial charge on any atom is 0.0733 e. The molecule has 0 saturated heterocycles. The lowest BCUT2D eigenvalue weighted by Gasteiger charge is -2.06. The van der Waals surface area contributed by atoms with Gasteiger partial charge in [-0.3, -0.25) is 4.98 Å². The van der Waals surface area contributed by atoms with Crippen LogP contribution in [0, 0.1) is 6.92 Å². The van der Waals surface area contributed by atoms with Gasteiger partial charge in [0, 0.05) is 23.2 Å². The van der Waals surface area contributed by atoms with Crippen molar-refractivity contribution >= 4 is 22.9 Å². The summed E-state index contributed by atoms with van der Waals surface area (Å²) in [5, 5.41) is 2.09. The van der Waals surface area contributed by atoms with E-state index in [1.54, 1.807) is 11.3 Å². The molecule has 2 heterocycles. The van der Waals surface area contributed by atoms with Crippen LogP contribution in [0.25, 0.3) is 0 Å². The van der Waals surface area contributed by atoms with Crippen molar-refractivity contribution in [2.45, 2.75) is 18.7 Å². The van der Waals surface area contributed by atoms with Crippen LogP contribution in [0.2, 0.25) is 0 Å². The van der Waals surface area contributed by atoms with E-state index in [2.05, 4.69) is 17.1 Å². The van der Waals surface area contributed by atoms with Crippen molar-refractivity contribution in [3.05, 3.63) is 52.0 Å². The van der Waals surface area contributed by atoms with Crippen molar-refractivity contribution in [3.8, 4) is 0 Å². The van der Waals surface area contributed by atoms with Gasteiger partial charge in [-0.2, -0.15) is 0 Å². The van der Waals surface area contributed by atoms with Gasteiger partial charge in [-0.05, 0) is 30.0 Å². The van der Waals surface area contributed by atoms with Gasteiger partial charge in [0.2, 0.25) is 0 Å². The van der Waals surface area contributed by atoms with E-state index in [1.165, 1.54) is 10.4 Å². The van der Waals surface area contributed by atoms with E-state index >= 15 is 0 Å². The fourth-order valence-electron chi connectivity index (χ4n) is 1.37. The Morgan fingerprint density at radius 1 is 1.40 bits per heavy atom. The summed E-state index contributed by atoms with van der Waals surface area (Å²) in [4.78, 5) is 5.56. The maximum atomic E-state index is 6.29. The van der Waals surface area contributed by atoms with Crippen molar-refractivity contribution in [3.63, 3.8) is 0 Å². The first-order valence-electron chi connectivity index (χ1n) is 4.85. The molecule has 2 rings (SSSR count). The van der Waals surface area contributed by atoms with Crippen LogP contribution in [-0.4, -0.2) is 4.98 Å². The molecular formula is C12H12ClNS. The van der Waals surface area contributed by atoms with Gasteiger partial charge in [0.05, 0.1) is 5.38 Å². The second kappa shape index (κ2) is 4.77. The zero-order valence-corrected chi connectivity index (χ0v) is 10.1. The molecule has 1 nitrogen and oxygen atoms in total. The lowest BCUT2D eigenvalue weighted by Crippen LogP contribution is -1.96. The number of hydrogen-bond acceptors (Lipinski definition) is 2. The van der Waals surface area contributed by atoms with Gasteiger partial charge in [-0.1, -0.05) is 12.1 Å². The molecule has 0 aromatic carbocycles. The van der Waals surface area contributed by atoms with Crippen LogP contribution >= 0.6 is 22.9 Å². The first kappa shape index (κ1) is 10.7. The normalized spacial score (nSPS) is 12.7. The molecule has 0 amide bonds. The number of alkyl halides is 1. The van der Waals surface area contributed by atoms with E-state index in [0.717, 1.165) is 12.1 Å². The van der Waals surface area contributed by atoms with Crippen LogP contribution in [0.4, 0.5) is 0 Å². The lowest BCUT2D eigenvalue weighted by atomic mass is 10.2. The molecule has 78 valence electrons. The highest BCUT2D eigenvalue weighted by Gasteiger charge is 2.10. The van der Waals surface area contributed by atoms with E-state index < -0.39 is 0 Å². The lowest BCUT2D eigenvalue weighted by molar-refractivity contribution is 0.894. The van der Waals surface area contributed by atoms with Gasteiger partial charge in [0.15, 0.2) is 0 Å². The van der Waals surface area contributed by atoms with E-state index in [0.29, 0.717) is 0 Å². The molecule has 15 heavy (non-hydrogen) atoms. The Hall–Kier alpha value is -0.860. The van der Waals surface area contributed by atoms with Gasteiger partial charge in [0.1, 0.15) is 0 Å². The van der Waals surface area contributed by atoms with Crippen molar-refractivity contribution in [1.29, 1.82) is 0 Å². The average molecular weight is 238 g/mol. The third kappa shape index (κ3) is 2.80. The predicted octanol–water partition coefficient (Wildman–Crippen LogP) is 3.97. The van der Waals surface area contributed by atoms with Gasteiger partial charge >= 0.3 is 0 Å². The Labute approximate surface area is 98.7 Å². The van der Waals surface area contributed by atoms with Crippen LogP contribution in [0.15, 0.2) is 35.8 Å². The first-order chi connectivity index (χ1) is 7.25. The average Bonchev–Trinajstić information content (AvgIpc) is 2.74. The summed E-state index contributed by atoms with van der Waals surface area (Å²) < 4.78 is 0. The second-order valence-corrected chi connectivity index (χ2v) is 5.02. The summed E-state index contributed by atoms with van der Waals surface area (Å²) in [5.41, 5.74) is 2.23. The number of aromatic nitrogens is 1. The first-order valence-corrected chi connectivity index (χ1v) is 6.16. The summed E-state index contributed by atoms with van der Waals surface area (Å²) in [6.45, 7) is 2.04. The Bertz CT molecular complexity index is 408. The molecule has 1 unspecified atom stereocenters. The standard InChI is InChI=1S/C12H12ClNS/c1-9-4-5-10(14-8-9)7-11(13)12-3-2-6-15-12/h2-6,8,11H,7H2,1H3. The summed E-state index contributed by atoms with van der Waals surface area (Å²) in [6, 6.07) is 8.20. The van der Waals surface area contributed by atoms with Crippen LogP contribution in [-0.2, 0) is 6.42 Å². The van der Waals surface area contributed by atoms with Crippen molar-refractivity contribution in [2.75, 3.05) is 0 Å². The van der Waals surface area contributed by atoms with Crippen LogP contribution < -0.4 is 0 Å². The summed E-state index contributed by atoms with van der Waals surface area (Å²) in [7, 11) is 0. The number of rotatable bonds is 3. The number of halogens is 1. The number of pyridine rings is 1. The van der Waals surface area contributed by atoms with Crippen LogP contribution in [0.3, 0.4) is 0 Å². The Morgan fingerprint density at radius 3 is 2.87 bits per heavy atom. The van der Waals surface area contributed by atoms with E-state index in [4.69, 9.17) is 11.6 Å². The third-order valence-electron chi connectivity index (χ3n) is 2.21. The minimum Gasteiger partial charge on any atom is -0.261 e. The molecule has 0 spiro atoms. The molecular weight excluding hydrogens is 226 g/mol. The molecule has 0 bridgehead atoms. The van der Waals surface area contributed by atoms with Gasteiger partial charge in [0.25, 0.3) is 0 Å². The highest BCUT2D eigenvalue weighted by Crippen LogP contribution is 2.27. The quantitative estimate of drug-likeness (QED) is 0.736. The van der Waals surface area contributed by atoms with E-state index in [-0.39, 0.29) is 5.38 Å². The molecule has 0 radical (unpaired) electrons. The van der Waals surface area contributed by atoms with Crippen molar-refractivity contribution in [1.82, 2.24) is 4.98 Å². The number of aryl methyl sites for hydroxylation is 1. The smallest absolute Gasteiger partial charge is 0.0733 e. The molecule has 0 saturated carbocycles. The summed E-state index contributed by atoms with van der Waals surface area (Å²) >= 11 is 7.99. The number of nitrogens with zero attached hydrogens (tertiary/aromatic N) is 1. The molecule has 3 heteroatoms.